The van der Waals surface area contributed by atoms with Gasteiger partial charge in [-0.3, -0.25) is 0 Å². The lowest BCUT2D eigenvalue weighted by Crippen LogP contribution is -1.77. The molecule has 0 fully saturated rings. The fourth-order valence-electron chi connectivity index (χ4n) is 3.64. The molecule has 136 valence electrons. The van der Waals surface area contributed by atoms with Gasteiger partial charge in [0.25, 0.3) is 0 Å². The van der Waals surface area contributed by atoms with E-state index in [1.807, 2.05) is 42.5 Å². The van der Waals surface area contributed by atoms with Crippen LogP contribution in [-0.4, -0.2) is 19.9 Å². The predicted molar refractivity (Wildman–Crippen MR) is 118 cm³/mol. The van der Waals surface area contributed by atoms with Gasteiger partial charge in [0, 0.05) is 22.1 Å². The summed E-state index contributed by atoms with van der Waals surface area (Å²) in [7, 11) is 0. The molecule has 0 saturated heterocycles. The second-order valence-electron chi connectivity index (χ2n) is 6.98. The SMILES string of the molecule is C=Cc1cc2cc3nc(cc4nc(cc5cc(CC)c(cc1[nH]2)[nH]5)C=C4)C=C3. The van der Waals surface area contributed by atoms with Crippen molar-refractivity contribution >= 4 is 52.4 Å². The van der Waals surface area contributed by atoms with Gasteiger partial charge in [-0.1, -0.05) is 19.6 Å². The molecule has 0 radical (unpaired) electrons. The first-order valence-corrected chi connectivity index (χ1v) is 9.44. The lowest BCUT2D eigenvalue weighted by atomic mass is 10.2. The first-order valence-electron chi connectivity index (χ1n) is 9.44. The Hall–Kier alpha value is -3.66. The zero-order valence-electron chi connectivity index (χ0n) is 15.7. The van der Waals surface area contributed by atoms with Crippen LogP contribution >= 0.6 is 0 Å². The molecule has 2 N–H and O–H groups in total. The molecule has 2 aliphatic heterocycles. The van der Waals surface area contributed by atoms with Gasteiger partial charge in [-0.2, -0.15) is 0 Å². The molecule has 0 atom stereocenters. The van der Waals surface area contributed by atoms with E-state index in [2.05, 4.69) is 52.7 Å². The minimum Gasteiger partial charge on any atom is -0.355 e. The van der Waals surface area contributed by atoms with Gasteiger partial charge in [-0.25, -0.2) is 9.97 Å². The fraction of sp³-hybridized carbons (Fsp3) is 0.0833. The topological polar surface area (TPSA) is 57.4 Å². The Bertz CT molecular complexity index is 1320. The van der Waals surface area contributed by atoms with Crippen molar-refractivity contribution in [3.05, 3.63) is 76.9 Å². The smallest absolute Gasteiger partial charge is 0.0659 e. The highest BCUT2D eigenvalue weighted by Crippen LogP contribution is 2.21. The van der Waals surface area contributed by atoms with Gasteiger partial charge < -0.3 is 9.97 Å². The van der Waals surface area contributed by atoms with Gasteiger partial charge in [-0.15, -0.1) is 0 Å². The van der Waals surface area contributed by atoms with Crippen molar-refractivity contribution in [3.8, 4) is 0 Å². The number of nitrogens with zero attached hydrogens (tertiary/aromatic N) is 2. The minimum absolute atomic E-state index is 0.903. The van der Waals surface area contributed by atoms with Crippen LogP contribution in [0, 0.1) is 0 Å². The molecule has 0 amide bonds. The summed E-state index contributed by atoms with van der Waals surface area (Å²) >= 11 is 0. The normalized spacial score (nSPS) is 12.5. The third kappa shape index (κ3) is 2.99. The van der Waals surface area contributed by atoms with Crippen molar-refractivity contribution < 1.29 is 0 Å². The Morgan fingerprint density at radius 2 is 1.32 bits per heavy atom. The van der Waals surface area contributed by atoms with E-state index in [9.17, 15) is 0 Å². The summed E-state index contributed by atoms with van der Waals surface area (Å²) in [6, 6.07) is 12.6. The second kappa shape index (κ2) is 6.50. The lowest BCUT2D eigenvalue weighted by Gasteiger charge is -1.90. The van der Waals surface area contributed by atoms with Crippen LogP contribution in [0.5, 0.6) is 0 Å². The van der Waals surface area contributed by atoms with Crippen LogP contribution < -0.4 is 0 Å². The van der Waals surface area contributed by atoms with Crippen molar-refractivity contribution in [2.24, 2.45) is 0 Å². The molecular weight excluding hydrogens is 344 g/mol. The Balaban J connectivity index is 1.90. The molecule has 0 spiro atoms. The van der Waals surface area contributed by atoms with Gasteiger partial charge in [0.15, 0.2) is 0 Å². The molecule has 4 nitrogen and oxygen atoms in total. The van der Waals surface area contributed by atoms with Crippen LogP contribution in [-0.2, 0) is 6.42 Å². The Kier molecular flexibility index (Phi) is 3.83. The van der Waals surface area contributed by atoms with E-state index in [1.54, 1.807) is 0 Å². The van der Waals surface area contributed by atoms with Crippen molar-refractivity contribution in [2.75, 3.05) is 0 Å². The quantitative estimate of drug-likeness (QED) is 0.412. The molecule has 3 aromatic rings. The van der Waals surface area contributed by atoms with Crippen molar-refractivity contribution in [3.63, 3.8) is 0 Å². The number of hydrogen-bond acceptors (Lipinski definition) is 2. The maximum Gasteiger partial charge on any atom is 0.0659 e. The van der Waals surface area contributed by atoms with Gasteiger partial charge >= 0.3 is 0 Å². The molecule has 5 rings (SSSR count). The molecule has 2 aliphatic rings. The lowest BCUT2D eigenvalue weighted by molar-refractivity contribution is 1.16. The van der Waals surface area contributed by atoms with Crippen molar-refractivity contribution in [2.45, 2.75) is 13.3 Å². The molecule has 3 aromatic heterocycles. The number of H-pyrrole nitrogens is 2. The summed E-state index contributed by atoms with van der Waals surface area (Å²) in [5, 5.41) is 0. The molecular formula is C24H20N4. The minimum atomic E-state index is 0.903. The van der Waals surface area contributed by atoms with Gasteiger partial charge in [0.1, 0.15) is 0 Å². The molecule has 0 aliphatic carbocycles. The summed E-state index contributed by atoms with van der Waals surface area (Å²) in [5.41, 5.74) is 10.2. The van der Waals surface area contributed by atoms with E-state index in [0.717, 1.165) is 56.8 Å². The van der Waals surface area contributed by atoms with Crippen molar-refractivity contribution in [1.29, 1.82) is 0 Å². The van der Waals surface area contributed by atoms with Crippen LogP contribution in [0.15, 0.2) is 43.0 Å². The largest absolute Gasteiger partial charge is 0.355 e. The van der Waals surface area contributed by atoms with Crippen LogP contribution in [0.3, 0.4) is 0 Å². The molecule has 0 saturated carbocycles. The number of aromatic amines is 2. The number of hydrogen-bond donors (Lipinski definition) is 2. The van der Waals surface area contributed by atoms with Gasteiger partial charge in [0.2, 0.25) is 0 Å². The number of aromatic nitrogens is 4. The van der Waals surface area contributed by atoms with Crippen LogP contribution in [0.25, 0.3) is 52.4 Å². The van der Waals surface area contributed by atoms with Crippen LogP contribution in [0.2, 0.25) is 0 Å². The number of nitrogens with one attached hydrogen (secondary N) is 2. The van der Waals surface area contributed by atoms with E-state index in [-0.39, 0.29) is 0 Å². The average Bonchev–Trinajstić information content (AvgIpc) is 3.45. The maximum atomic E-state index is 4.69. The maximum absolute atomic E-state index is 4.69. The highest BCUT2D eigenvalue weighted by atomic mass is 14.8. The van der Waals surface area contributed by atoms with E-state index in [0.29, 0.717) is 0 Å². The molecule has 0 unspecified atom stereocenters. The summed E-state index contributed by atoms with van der Waals surface area (Å²) in [6.07, 6.45) is 10.9. The fourth-order valence-corrected chi connectivity index (χ4v) is 3.64. The van der Waals surface area contributed by atoms with Crippen molar-refractivity contribution in [1.82, 2.24) is 19.9 Å². The van der Waals surface area contributed by atoms with E-state index >= 15 is 0 Å². The number of aryl methyl sites for hydroxylation is 1. The summed E-state index contributed by atoms with van der Waals surface area (Å²) in [6.45, 7) is 6.13. The molecule has 4 heteroatoms. The Labute approximate surface area is 163 Å². The van der Waals surface area contributed by atoms with Crippen LogP contribution in [0.4, 0.5) is 0 Å². The van der Waals surface area contributed by atoms with E-state index in [4.69, 9.17) is 4.98 Å². The number of fused-ring (bicyclic) bond motifs is 8. The predicted octanol–water partition coefficient (Wildman–Crippen LogP) is 5.86. The zero-order chi connectivity index (χ0) is 19.1. The van der Waals surface area contributed by atoms with Crippen LogP contribution in [0.1, 0.15) is 40.8 Å². The third-order valence-electron chi connectivity index (χ3n) is 5.01. The average molecular weight is 364 g/mol. The second-order valence-corrected chi connectivity index (χ2v) is 6.98. The highest BCUT2D eigenvalue weighted by molar-refractivity contribution is 5.82. The summed E-state index contributed by atoms with van der Waals surface area (Å²) < 4.78 is 0. The monoisotopic (exact) mass is 364 g/mol. The standard InChI is InChI=1S/C24H20N4/c1-3-15-9-21-12-19-7-5-17(25-19)11-18-6-8-20(26-18)13-22-10-16(4-2)24(28-22)14-23(15)27-21/h3,5-14,27-28H,1,4H2,2H3. The van der Waals surface area contributed by atoms with E-state index in [1.165, 1.54) is 5.56 Å². The molecule has 0 aromatic carbocycles. The Morgan fingerprint density at radius 1 is 0.750 bits per heavy atom. The highest BCUT2D eigenvalue weighted by Gasteiger charge is 2.05. The van der Waals surface area contributed by atoms with Gasteiger partial charge in [0.05, 0.1) is 22.8 Å². The van der Waals surface area contributed by atoms with Gasteiger partial charge in [-0.05, 0) is 78.3 Å². The molecule has 28 heavy (non-hydrogen) atoms. The third-order valence-corrected chi connectivity index (χ3v) is 5.01. The molecule has 5 heterocycles. The summed E-state index contributed by atoms with van der Waals surface area (Å²) in [5.74, 6) is 0. The first-order chi connectivity index (χ1) is 13.7. The summed E-state index contributed by atoms with van der Waals surface area (Å²) in [4.78, 5) is 16.4. The number of rotatable bonds is 2. The molecule has 8 bridgehead atoms. The Morgan fingerprint density at radius 3 is 1.93 bits per heavy atom. The zero-order valence-corrected chi connectivity index (χ0v) is 15.7. The first kappa shape index (κ1) is 16.5. The van der Waals surface area contributed by atoms with E-state index < -0.39 is 0 Å².